The molecule has 96 valence electrons. The first-order chi connectivity index (χ1) is 8.70. The fourth-order valence-corrected chi connectivity index (χ4v) is 2.17. The van der Waals surface area contributed by atoms with E-state index in [-0.39, 0.29) is 6.04 Å². The number of rotatable bonds is 5. The molecule has 18 heavy (non-hydrogen) atoms. The van der Waals surface area contributed by atoms with E-state index in [1.54, 1.807) is 13.3 Å². The molecule has 1 atom stereocenters. The van der Waals surface area contributed by atoms with Gasteiger partial charge >= 0.3 is 0 Å². The van der Waals surface area contributed by atoms with Crippen molar-refractivity contribution in [1.29, 1.82) is 0 Å². The van der Waals surface area contributed by atoms with Crippen LogP contribution in [0.5, 0.6) is 5.75 Å². The molecule has 0 saturated carbocycles. The van der Waals surface area contributed by atoms with Gasteiger partial charge < -0.3 is 15.0 Å². The summed E-state index contributed by atoms with van der Waals surface area (Å²) < 4.78 is 6.21. The Balaban J connectivity index is 1.98. The molecule has 2 aromatic rings. The molecule has 1 aromatic carbocycles. The minimum atomic E-state index is 0.189. The van der Waals surface area contributed by atoms with E-state index in [0.717, 1.165) is 22.6 Å². The number of methoxy groups -OCH3 is 1. The molecule has 1 unspecified atom stereocenters. The van der Waals surface area contributed by atoms with Gasteiger partial charge in [0.1, 0.15) is 11.6 Å². The topological polar surface area (TPSA) is 49.9 Å². The molecule has 0 bridgehead atoms. The molecule has 5 heteroatoms. The Morgan fingerprint density at radius 1 is 1.50 bits per heavy atom. The molecule has 0 aliphatic carbocycles. The number of halogens is 1. The van der Waals surface area contributed by atoms with E-state index >= 15 is 0 Å². The number of aromatic amines is 1. The van der Waals surface area contributed by atoms with Gasteiger partial charge in [0, 0.05) is 23.4 Å². The normalized spacial score (nSPS) is 12.4. The molecule has 2 rings (SSSR count). The summed E-state index contributed by atoms with van der Waals surface area (Å²) in [5.41, 5.74) is 1.19. The first-order valence-electron chi connectivity index (χ1n) is 5.76. The van der Waals surface area contributed by atoms with Crippen LogP contribution in [0.15, 0.2) is 35.1 Å². The Morgan fingerprint density at radius 3 is 2.94 bits per heavy atom. The smallest absolute Gasteiger partial charge is 0.122 e. The van der Waals surface area contributed by atoms with Crippen molar-refractivity contribution in [3.8, 4) is 5.75 Å². The number of nitrogens with one attached hydrogen (secondary N) is 2. The van der Waals surface area contributed by atoms with Crippen molar-refractivity contribution in [2.24, 2.45) is 0 Å². The van der Waals surface area contributed by atoms with Gasteiger partial charge in [-0.05, 0) is 24.6 Å². The number of benzene rings is 1. The highest BCUT2D eigenvalue weighted by molar-refractivity contribution is 9.10. The fraction of sp³-hybridized carbons (Fsp3) is 0.308. The molecule has 0 amide bonds. The number of H-pyrrole nitrogens is 1. The number of nitrogens with zero attached hydrogens (tertiary/aromatic N) is 1. The van der Waals surface area contributed by atoms with Crippen LogP contribution in [0.2, 0.25) is 0 Å². The zero-order valence-corrected chi connectivity index (χ0v) is 12.0. The van der Waals surface area contributed by atoms with Gasteiger partial charge in [0.2, 0.25) is 0 Å². The van der Waals surface area contributed by atoms with Gasteiger partial charge in [0.25, 0.3) is 0 Å². The van der Waals surface area contributed by atoms with E-state index in [0.29, 0.717) is 0 Å². The molecule has 0 spiro atoms. The second kappa shape index (κ2) is 6.02. The zero-order valence-electron chi connectivity index (χ0n) is 10.4. The number of imidazole rings is 1. The summed E-state index contributed by atoms with van der Waals surface area (Å²) in [6.45, 7) is 2.85. The van der Waals surface area contributed by atoms with Gasteiger partial charge in [-0.3, -0.25) is 0 Å². The van der Waals surface area contributed by atoms with Gasteiger partial charge in [-0.15, -0.1) is 0 Å². The van der Waals surface area contributed by atoms with Crippen LogP contribution in [0.1, 0.15) is 24.4 Å². The summed E-state index contributed by atoms with van der Waals surface area (Å²) in [5, 5.41) is 3.42. The van der Waals surface area contributed by atoms with E-state index in [9.17, 15) is 0 Å². The molecule has 4 nitrogen and oxygen atoms in total. The maximum atomic E-state index is 5.17. The minimum Gasteiger partial charge on any atom is -0.497 e. The largest absolute Gasteiger partial charge is 0.497 e. The van der Waals surface area contributed by atoms with E-state index in [4.69, 9.17) is 4.74 Å². The Hall–Kier alpha value is -1.33. The van der Waals surface area contributed by atoms with Crippen molar-refractivity contribution in [3.05, 3.63) is 46.5 Å². The summed E-state index contributed by atoms with van der Waals surface area (Å²) in [6.07, 6.45) is 3.59. The van der Waals surface area contributed by atoms with Crippen LogP contribution in [-0.2, 0) is 6.54 Å². The van der Waals surface area contributed by atoms with Crippen LogP contribution in [0.4, 0.5) is 0 Å². The van der Waals surface area contributed by atoms with Crippen LogP contribution in [0.25, 0.3) is 0 Å². The summed E-state index contributed by atoms with van der Waals surface area (Å²) in [6, 6.07) is 6.16. The maximum absolute atomic E-state index is 5.17. The highest BCUT2D eigenvalue weighted by Crippen LogP contribution is 2.23. The van der Waals surface area contributed by atoms with Crippen molar-refractivity contribution in [1.82, 2.24) is 15.3 Å². The third-order valence-electron chi connectivity index (χ3n) is 2.79. The average molecular weight is 310 g/mol. The van der Waals surface area contributed by atoms with Crippen LogP contribution in [0.3, 0.4) is 0 Å². The number of hydrogen-bond donors (Lipinski definition) is 2. The Labute approximate surface area is 115 Å². The van der Waals surface area contributed by atoms with Crippen LogP contribution in [0, 0.1) is 0 Å². The Kier molecular flexibility index (Phi) is 4.38. The number of ether oxygens (including phenoxy) is 1. The predicted octanol–water partition coefficient (Wildman–Crippen LogP) is 3.03. The van der Waals surface area contributed by atoms with Crippen molar-refractivity contribution < 1.29 is 4.74 Å². The van der Waals surface area contributed by atoms with Crippen molar-refractivity contribution in [2.45, 2.75) is 19.5 Å². The minimum absolute atomic E-state index is 0.189. The summed E-state index contributed by atoms with van der Waals surface area (Å²) in [5.74, 6) is 1.80. The molecule has 0 fully saturated rings. The standard InChI is InChI=1S/C13H16BrN3O/c1-9(13-15-5-6-16-13)17-8-10-3-4-11(18-2)7-12(10)14/h3-7,9,17H,8H2,1-2H3,(H,15,16). The van der Waals surface area contributed by atoms with Gasteiger partial charge in [0.05, 0.1) is 13.2 Å². The quantitative estimate of drug-likeness (QED) is 0.892. The van der Waals surface area contributed by atoms with E-state index in [1.165, 1.54) is 5.56 Å². The first-order valence-corrected chi connectivity index (χ1v) is 6.55. The highest BCUT2D eigenvalue weighted by atomic mass is 79.9. The molecule has 0 radical (unpaired) electrons. The van der Waals surface area contributed by atoms with Gasteiger partial charge in [-0.25, -0.2) is 4.98 Å². The molecule has 1 heterocycles. The molecule has 0 aliphatic rings. The zero-order chi connectivity index (χ0) is 13.0. The van der Waals surface area contributed by atoms with Crippen LogP contribution >= 0.6 is 15.9 Å². The average Bonchev–Trinajstić information content (AvgIpc) is 2.90. The molecular formula is C13H16BrN3O. The lowest BCUT2D eigenvalue weighted by molar-refractivity contribution is 0.414. The van der Waals surface area contributed by atoms with Crippen LogP contribution in [-0.4, -0.2) is 17.1 Å². The summed E-state index contributed by atoms with van der Waals surface area (Å²) in [7, 11) is 1.67. The second-order valence-corrected chi connectivity index (χ2v) is 4.89. The van der Waals surface area contributed by atoms with E-state index < -0.39 is 0 Å². The second-order valence-electron chi connectivity index (χ2n) is 4.03. The van der Waals surface area contributed by atoms with Crippen molar-refractivity contribution in [2.75, 3.05) is 7.11 Å². The highest BCUT2D eigenvalue weighted by Gasteiger charge is 2.08. The third kappa shape index (κ3) is 3.11. The molecular weight excluding hydrogens is 294 g/mol. The predicted molar refractivity (Wildman–Crippen MR) is 74.5 cm³/mol. The van der Waals surface area contributed by atoms with Crippen molar-refractivity contribution in [3.63, 3.8) is 0 Å². The van der Waals surface area contributed by atoms with Gasteiger partial charge in [-0.1, -0.05) is 22.0 Å². The van der Waals surface area contributed by atoms with Gasteiger partial charge in [-0.2, -0.15) is 0 Å². The monoisotopic (exact) mass is 309 g/mol. The number of aromatic nitrogens is 2. The van der Waals surface area contributed by atoms with Crippen molar-refractivity contribution >= 4 is 15.9 Å². The molecule has 0 aliphatic heterocycles. The SMILES string of the molecule is COc1ccc(CNC(C)c2ncc[nH]2)c(Br)c1. The lowest BCUT2D eigenvalue weighted by atomic mass is 10.2. The lowest BCUT2D eigenvalue weighted by Crippen LogP contribution is -2.19. The van der Waals surface area contributed by atoms with Crippen LogP contribution < -0.4 is 10.1 Å². The van der Waals surface area contributed by atoms with Gasteiger partial charge in [0.15, 0.2) is 0 Å². The first kappa shape index (κ1) is 13.1. The fourth-order valence-electron chi connectivity index (χ4n) is 1.67. The molecule has 1 aromatic heterocycles. The third-order valence-corrected chi connectivity index (χ3v) is 3.53. The summed E-state index contributed by atoms with van der Waals surface area (Å²) in [4.78, 5) is 7.33. The van der Waals surface area contributed by atoms with E-state index in [2.05, 4.69) is 38.1 Å². The lowest BCUT2D eigenvalue weighted by Gasteiger charge is -2.13. The molecule has 0 saturated heterocycles. The Morgan fingerprint density at radius 2 is 2.33 bits per heavy atom. The Bertz CT molecular complexity index is 499. The number of hydrogen-bond acceptors (Lipinski definition) is 3. The summed E-state index contributed by atoms with van der Waals surface area (Å²) >= 11 is 3.54. The molecule has 2 N–H and O–H groups in total. The van der Waals surface area contributed by atoms with E-state index in [1.807, 2.05) is 24.4 Å². The maximum Gasteiger partial charge on any atom is 0.122 e.